The highest BCUT2D eigenvalue weighted by Crippen LogP contribution is 2.43. The molecule has 0 saturated carbocycles. The highest BCUT2D eigenvalue weighted by Gasteiger charge is 2.17. The van der Waals surface area contributed by atoms with Crippen LogP contribution in [-0.2, 0) is 0 Å². The Morgan fingerprint density at radius 2 is 1.06 bits per heavy atom. The SMILES string of the molecule is Cc1c(-c2cccc3oc4ccccc4c23)cccc1-c1cccc2sc3ccccc3c12. The summed E-state index contributed by atoms with van der Waals surface area (Å²) in [4.78, 5) is 0. The smallest absolute Gasteiger partial charge is 0.136 e. The van der Waals surface area contributed by atoms with E-state index in [0.717, 1.165) is 11.2 Å². The molecule has 7 rings (SSSR count). The monoisotopic (exact) mass is 440 g/mol. The summed E-state index contributed by atoms with van der Waals surface area (Å²) >= 11 is 1.87. The standard InChI is InChI=1S/C31H20OS/c1-19-20(22-13-7-16-27-30(22)24-9-2-4-15-26(24)32-27)11-6-12-21(19)23-14-8-18-29-31(23)25-10-3-5-17-28(25)33-29/h2-18H,1H3. The molecule has 0 N–H and O–H groups in total. The largest absolute Gasteiger partial charge is 0.456 e. The molecule has 0 amide bonds. The van der Waals surface area contributed by atoms with E-state index in [9.17, 15) is 0 Å². The molecule has 0 bridgehead atoms. The fourth-order valence-electron chi connectivity index (χ4n) is 5.22. The Hall–Kier alpha value is -3.88. The van der Waals surface area contributed by atoms with Crippen LogP contribution in [0.25, 0.3) is 64.4 Å². The van der Waals surface area contributed by atoms with Crippen molar-refractivity contribution in [3.05, 3.63) is 109 Å². The fraction of sp³-hybridized carbons (Fsp3) is 0.0323. The van der Waals surface area contributed by atoms with Crippen molar-refractivity contribution >= 4 is 53.4 Å². The highest BCUT2D eigenvalue weighted by atomic mass is 32.1. The van der Waals surface area contributed by atoms with E-state index < -0.39 is 0 Å². The van der Waals surface area contributed by atoms with Gasteiger partial charge in [-0.15, -0.1) is 11.3 Å². The van der Waals surface area contributed by atoms with Crippen LogP contribution in [0, 0.1) is 6.92 Å². The number of fused-ring (bicyclic) bond motifs is 6. The minimum absolute atomic E-state index is 0.934. The molecule has 0 fully saturated rings. The topological polar surface area (TPSA) is 13.1 Å². The van der Waals surface area contributed by atoms with Crippen LogP contribution >= 0.6 is 11.3 Å². The molecule has 0 saturated heterocycles. The van der Waals surface area contributed by atoms with Crippen molar-refractivity contribution in [3.63, 3.8) is 0 Å². The maximum absolute atomic E-state index is 6.17. The van der Waals surface area contributed by atoms with E-state index in [0.29, 0.717) is 0 Å². The van der Waals surface area contributed by atoms with Gasteiger partial charge in [0.25, 0.3) is 0 Å². The molecule has 33 heavy (non-hydrogen) atoms. The van der Waals surface area contributed by atoms with E-state index >= 15 is 0 Å². The normalized spacial score (nSPS) is 11.8. The Morgan fingerprint density at radius 1 is 0.485 bits per heavy atom. The van der Waals surface area contributed by atoms with Gasteiger partial charge in [-0.25, -0.2) is 0 Å². The van der Waals surface area contributed by atoms with E-state index in [4.69, 9.17) is 4.42 Å². The van der Waals surface area contributed by atoms with Crippen LogP contribution in [0.5, 0.6) is 0 Å². The van der Waals surface area contributed by atoms with Gasteiger partial charge >= 0.3 is 0 Å². The third-order valence-corrected chi connectivity index (χ3v) is 7.86. The molecule has 0 aliphatic rings. The van der Waals surface area contributed by atoms with Crippen molar-refractivity contribution in [2.45, 2.75) is 6.92 Å². The van der Waals surface area contributed by atoms with Crippen molar-refractivity contribution in [1.82, 2.24) is 0 Å². The van der Waals surface area contributed by atoms with E-state index in [1.807, 2.05) is 23.5 Å². The summed E-state index contributed by atoms with van der Waals surface area (Å²) in [7, 11) is 0. The number of furan rings is 1. The third-order valence-electron chi connectivity index (χ3n) is 6.72. The van der Waals surface area contributed by atoms with Crippen molar-refractivity contribution < 1.29 is 4.42 Å². The second-order valence-electron chi connectivity index (χ2n) is 8.53. The Balaban J connectivity index is 1.53. The molecule has 5 aromatic carbocycles. The fourth-order valence-corrected chi connectivity index (χ4v) is 6.35. The Labute approximate surface area is 195 Å². The first-order valence-corrected chi connectivity index (χ1v) is 12.0. The average Bonchev–Trinajstić information content (AvgIpc) is 3.42. The van der Waals surface area contributed by atoms with Crippen LogP contribution in [0.4, 0.5) is 0 Å². The van der Waals surface area contributed by atoms with E-state index in [1.54, 1.807) is 0 Å². The minimum Gasteiger partial charge on any atom is -0.456 e. The molecule has 0 radical (unpaired) electrons. The van der Waals surface area contributed by atoms with Crippen molar-refractivity contribution in [1.29, 1.82) is 0 Å². The molecule has 2 aromatic heterocycles. The van der Waals surface area contributed by atoms with Crippen LogP contribution in [0.1, 0.15) is 5.56 Å². The number of rotatable bonds is 2. The van der Waals surface area contributed by atoms with Gasteiger partial charge in [-0.05, 0) is 59.0 Å². The highest BCUT2D eigenvalue weighted by molar-refractivity contribution is 7.25. The third kappa shape index (κ3) is 2.71. The zero-order chi connectivity index (χ0) is 21.9. The molecule has 1 nitrogen and oxygen atoms in total. The van der Waals surface area contributed by atoms with Crippen LogP contribution in [-0.4, -0.2) is 0 Å². The van der Waals surface area contributed by atoms with Crippen LogP contribution < -0.4 is 0 Å². The van der Waals surface area contributed by atoms with Gasteiger partial charge in [-0.1, -0.05) is 78.9 Å². The molecule has 0 aliphatic carbocycles. The lowest BCUT2D eigenvalue weighted by Gasteiger charge is -2.14. The zero-order valence-corrected chi connectivity index (χ0v) is 18.9. The average molecular weight is 441 g/mol. The molecule has 156 valence electrons. The van der Waals surface area contributed by atoms with E-state index in [1.165, 1.54) is 58.8 Å². The van der Waals surface area contributed by atoms with Crippen molar-refractivity contribution in [2.24, 2.45) is 0 Å². The summed E-state index contributed by atoms with van der Waals surface area (Å²) < 4.78 is 8.84. The van der Waals surface area contributed by atoms with Crippen molar-refractivity contribution in [2.75, 3.05) is 0 Å². The molecule has 7 aromatic rings. The number of hydrogen-bond donors (Lipinski definition) is 0. The summed E-state index contributed by atoms with van der Waals surface area (Å²) in [5, 5.41) is 5.04. The molecule has 0 spiro atoms. The molecule has 0 unspecified atom stereocenters. The summed E-state index contributed by atoms with van der Waals surface area (Å²) in [5.41, 5.74) is 8.21. The lowest BCUT2D eigenvalue weighted by atomic mass is 9.89. The molecular formula is C31H20OS. The predicted molar refractivity (Wildman–Crippen MR) is 142 cm³/mol. The molecule has 2 heteroatoms. The van der Waals surface area contributed by atoms with Gasteiger partial charge in [0, 0.05) is 30.9 Å². The second-order valence-corrected chi connectivity index (χ2v) is 9.62. The number of thiophene rings is 1. The number of benzene rings is 5. The van der Waals surface area contributed by atoms with E-state index in [2.05, 4.69) is 97.9 Å². The second kappa shape index (κ2) is 7.06. The van der Waals surface area contributed by atoms with Gasteiger partial charge in [0.05, 0.1) is 0 Å². The van der Waals surface area contributed by atoms with Gasteiger partial charge in [-0.3, -0.25) is 0 Å². The molecule has 2 heterocycles. The van der Waals surface area contributed by atoms with Gasteiger partial charge in [0.1, 0.15) is 11.2 Å². The first-order chi connectivity index (χ1) is 16.3. The quantitative estimate of drug-likeness (QED) is 0.261. The van der Waals surface area contributed by atoms with E-state index in [-0.39, 0.29) is 0 Å². The summed E-state index contributed by atoms with van der Waals surface area (Å²) in [6.07, 6.45) is 0. The summed E-state index contributed by atoms with van der Waals surface area (Å²) in [5.74, 6) is 0. The summed E-state index contributed by atoms with van der Waals surface area (Å²) in [6, 6.07) is 36.8. The van der Waals surface area contributed by atoms with Gasteiger partial charge < -0.3 is 4.42 Å². The van der Waals surface area contributed by atoms with Gasteiger partial charge in [0.15, 0.2) is 0 Å². The van der Waals surface area contributed by atoms with Crippen molar-refractivity contribution in [3.8, 4) is 22.3 Å². The zero-order valence-electron chi connectivity index (χ0n) is 18.1. The van der Waals surface area contributed by atoms with Gasteiger partial charge in [-0.2, -0.15) is 0 Å². The van der Waals surface area contributed by atoms with Crippen LogP contribution in [0.2, 0.25) is 0 Å². The number of hydrogen-bond acceptors (Lipinski definition) is 2. The Morgan fingerprint density at radius 3 is 1.91 bits per heavy atom. The predicted octanol–water partition coefficient (Wildman–Crippen LogP) is 9.60. The lowest BCUT2D eigenvalue weighted by molar-refractivity contribution is 0.669. The lowest BCUT2D eigenvalue weighted by Crippen LogP contribution is -1.90. The maximum Gasteiger partial charge on any atom is 0.136 e. The van der Waals surface area contributed by atoms with Gasteiger partial charge in [0.2, 0.25) is 0 Å². The molecular weight excluding hydrogens is 420 g/mol. The van der Waals surface area contributed by atoms with Crippen LogP contribution in [0.3, 0.4) is 0 Å². The molecule has 0 atom stereocenters. The van der Waals surface area contributed by atoms with Crippen LogP contribution in [0.15, 0.2) is 108 Å². The first-order valence-electron chi connectivity index (χ1n) is 11.2. The first kappa shape index (κ1) is 18.7. The number of para-hydroxylation sites is 1. The Kier molecular flexibility index (Phi) is 3.99. The summed E-state index contributed by atoms with van der Waals surface area (Å²) in [6.45, 7) is 2.25. The Bertz CT molecular complexity index is 1700. The minimum atomic E-state index is 0.934. The maximum atomic E-state index is 6.17. The molecule has 0 aliphatic heterocycles.